The van der Waals surface area contributed by atoms with Crippen molar-refractivity contribution in [1.82, 2.24) is 0 Å². The van der Waals surface area contributed by atoms with Crippen LogP contribution in [0.15, 0.2) is 4.99 Å². The second-order valence-corrected chi connectivity index (χ2v) is 18.7. The molecule has 0 aliphatic heterocycles. The second-order valence-electron chi connectivity index (χ2n) is 13.5. The topological polar surface area (TPSA) is 29.4 Å². The average molecular weight is 661 g/mol. The van der Waals surface area contributed by atoms with Gasteiger partial charge in [0.25, 0.3) is 0 Å². The van der Waals surface area contributed by atoms with Crippen molar-refractivity contribution >= 4 is 35.7 Å². The number of rotatable bonds is 38. The van der Waals surface area contributed by atoms with Crippen molar-refractivity contribution in [3.05, 3.63) is 0 Å². The first-order valence-electron chi connectivity index (χ1n) is 19.6. The molecule has 0 saturated heterocycles. The van der Waals surface area contributed by atoms with Gasteiger partial charge in [0.15, 0.2) is 0 Å². The number of halogens is 2. The van der Waals surface area contributed by atoms with E-state index in [2.05, 4.69) is 4.99 Å². The first-order valence-corrected chi connectivity index (χ1v) is 23.9. The zero-order valence-corrected chi connectivity index (χ0v) is 31.5. The molecule has 0 amide bonds. The van der Waals surface area contributed by atoms with Gasteiger partial charge >= 0.3 is 0 Å². The molecule has 0 fully saturated rings. The lowest BCUT2D eigenvalue weighted by Gasteiger charge is -2.05. The molecule has 0 aliphatic rings. The highest BCUT2D eigenvalue weighted by atomic mass is 35.7. The van der Waals surface area contributed by atoms with Crippen molar-refractivity contribution in [3.8, 4) is 0 Å². The summed E-state index contributed by atoms with van der Waals surface area (Å²) in [6.07, 6.45) is 51.1. The molecule has 0 aromatic heterocycles. The van der Waals surface area contributed by atoms with Crippen LogP contribution in [-0.4, -0.2) is 20.0 Å². The van der Waals surface area contributed by atoms with Crippen LogP contribution in [0.4, 0.5) is 0 Å². The van der Waals surface area contributed by atoms with Crippen molar-refractivity contribution < 1.29 is 4.79 Å². The fourth-order valence-corrected chi connectivity index (χ4v) is 7.89. The van der Waals surface area contributed by atoms with Crippen molar-refractivity contribution in [2.24, 2.45) is 4.99 Å². The molecule has 5 heteroatoms. The largest absolute Gasteiger partial charge is 0.237 e. The lowest BCUT2D eigenvalue weighted by atomic mass is 10.0. The van der Waals surface area contributed by atoms with Crippen LogP contribution >= 0.6 is 22.2 Å². The summed E-state index contributed by atoms with van der Waals surface area (Å²) in [5.41, 5.74) is 0. The maximum atomic E-state index is 10.0. The molecule has 0 bridgehead atoms. The van der Waals surface area contributed by atoms with Crippen LogP contribution in [-0.2, 0) is 4.79 Å². The van der Waals surface area contributed by atoms with E-state index < -0.39 is 7.42 Å². The summed E-state index contributed by atoms with van der Waals surface area (Å²) < 4.78 is 0. The first kappa shape index (κ1) is 43.2. The van der Waals surface area contributed by atoms with Crippen molar-refractivity contribution in [2.45, 2.75) is 231 Å². The number of aliphatic imine (C=N–C) groups is 1. The molecule has 0 aromatic rings. The zero-order chi connectivity index (χ0) is 31.2. The van der Waals surface area contributed by atoms with Crippen molar-refractivity contribution in [2.75, 3.05) is 6.54 Å². The van der Waals surface area contributed by atoms with Crippen molar-refractivity contribution in [1.29, 1.82) is 0 Å². The number of carbonyl (C=O) groups excluding carboxylic acids is 1. The highest BCUT2D eigenvalue weighted by Gasteiger charge is 2.01. The normalized spacial score (nSPS) is 11.4. The highest BCUT2D eigenvalue weighted by Crippen LogP contribution is 2.17. The predicted molar refractivity (Wildman–Crippen MR) is 198 cm³/mol. The van der Waals surface area contributed by atoms with Crippen LogP contribution in [0.3, 0.4) is 0 Å². The first-order chi connectivity index (χ1) is 21.3. The highest BCUT2D eigenvalue weighted by molar-refractivity contribution is 7.33. The van der Waals surface area contributed by atoms with Gasteiger partial charge in [-0.1, -0.05) is 218 Å². The zero-order valence-electron chi connectivity index (χ0n) is 28.9. The molecule has 256 valence electrons. The summed E-state index contributed by atoms with van der Waals surface area (Å²) >= 11 is 11.8. The molecule has 2 nitrogen and oxygen atoms in total. The number of nitrogens with zero attached hydrogens (tertiary/aromatic N) is 1. The number of hydrogen-bond donors (Lipinski definition) is 0. The van der Waals surface area contributed by atoms with Crippen LogP contribution in [0.1, 0.15) is 225 Å². The number of isocyanates is 1. The summed E-state index contributed by atoms with van der Waals surface area (Å²) in [6, 6.07) is 1.10. The standard InChI is InChI=1S/C38H75Cl2NOSi/c39-43(40)37-35-33-31-29-27-25-23-21-19-17-15-13-11-9-7-5-3-1-2-4-6-8-10-12-14-16-18-20-22-24-26-28-30-32-34-36-41-38-42/h43H,1-37H2. The fourth-order valence-electron chi connectivity index (χ4n) is 6.37. The Bertz CT molecular complexity index is 556. The average Bonchev–Trinajstić information content (AvgIpc) is 3.00. The van der Waals surface area contributed by atoms with E-state index in [1.165, 1.54) is 218 Å². The van der Waals surface area contributed by atoms with Gasteiger partial charge in [0.05, 0.1) is 6.54 Å². The van der Waals surface area contributed by atoms with Crippen LogP contribution in [0, 0.1) is 0 Å². The van der Waals surface area contributed by atoms with E-state index >= 15 is 0 Å². The summed E-state index contributed by atoms with van der Waals surface area (Å²) in [5.74, 6) is 0. The van der Waals surface area contributed by atoms with Gasteiger partial charge in [0.2, 0.25) is 13.5 Å². The smallest absolute Gasteiger partial charge is 0.211 e. The molecule has 0 spiro atoms. The minimum Gasteiger partial charge on any atom is -0.211 e. The Kier molecular flexibility index (Phi) is 40.4. The Balaban J connectivity index is 3.04. The van der Waals surface area contributed by atoms with Gasteiger partial charge in [-0.05, 0) is 12.5 Å². The molecule has 0 atom stereocenters. The molecular formula is C38H75Cl2NOSi. The Hall–Kier alpha value is 0.177. The van der Waals surface area contributed by atoms with Gasteiger partial charge in [0, 0.05) is 0 Å². The third kappa shape index (κ3) is 42.2. The van der Waals surface area contributed by atoms with Crippen LogP contribution in [0.25, 0.3) is 0 Å². The maximum Gasteiger partial charge on any atom is 0.237 e. The lowest BCUT2D eigenvalue weighted by Crippen LogP contribution is -1.91. The van der Waals surface area contributed by atoms with E-state index in [0.717, 1.165) is 12.5 Å². The number of hydrogen-bond acceptors (Lipinski definition) is 2. The van der Waals surface area contributed by atoms with Crippen LogP contribution in [0.5, 0.6) is 0 Å². The van der Waals surface area contributed by atoms with Gasteiger partial charge < -0.3 is 0 Å². The molecule has 43 heavy (non-hydrogen) atoms. The molecule has 0 rings (SSSR count). The molecular weight excluding hydrogens is 585 g/mol. The van der Waals surface area contributed by atoms with E-state index in [4.69, 9.17) is 22.2 Å². The SMILES string of the molecule is O=C=NCCCCCCCCCCCCCCCCCCCCCCCCCCCCCCCCCCCCC[SiH](Cl)Cl. The van der Waals surface area contributed by atoms with Gasteiger partial charge in [0.1, 0.15) is 0 Å². The Morgan fingerprint density at radius 2 is 0.512 bits per heavy atom. The fraction of sp³-hybridized carbons (Fsp3) is 0.974. The van der Waals surface area contributed by atoms with E-state index in [1.807, 2.05) is 0 Å². The van der Waals surface area contributed by atoms with E-state index in [9.17, 15) is 4.79 Å². The quantitative estimate of drug-likeness (QED) is 0.0213. The number of unbranched alkanes of at least 4 members (excludes halogenated alkanes) is 34. The van der Waals surface area contributed by atoms with Gasteiger partial charge in [-0.3, -0.25) is 0 Å². The van der Waals surface area contributed by atoms with Gasteiger partial charge in [-0.15, -0.1) is 0 Å². The molecule has 0 saturated carbocycles. The maximum absolute atomic E-state index is 10.0. The molecule has 0 N–H and O–H groups in total. The third-order valence-corrected chi connectivity index (χ3v) is 11.4. The van der Waals surface area contributed by atoms with E-state index in [1.54, 1.807) is 6.08 Å². The van der Waals surface area contributed by atoms with Gasteiger partial charge in [-0.25, -0.2) is 9.79 Å². The van der Waals surface area contributed by atoms with Gasteiger partial charge in [-0.2, -0.15) is 22.2 Å². The predicted octanol–water partition coefficient (Wildman–Crippen LogP) is 14.7. The summed E-state index contributed by atoms with van der Waals surface area (Å²) in [4.78, 5) is 13.6. The second kappa shape index (κ2) is 40.2. The Morgan fingerprint density at radius 1 is 0.326 bits per heavy atom. The molecule has 0 heterocycles. The molecule has 0 unspecified atom stereocenters. The van der Waals surface area contributed by atoms with E-state index in [-0.39, 0.29) is 0 Å². The Morgan fingerprint density at radius 3 is 0.698 bits per heavy atom. The molecule has 0 radical (unpaired) electrons. The minimum absolute atomic E-state index is 0.667. The summed E-state index contributed by atoms with van der Waals surface area (Å²) in [7, 11) is -1.34. The summed E-state index contributed by atoms with van der Waals surface area (Å²) in [5, 5.41) is 0. The molecule has 0 aromatic carbocycles. The molecule has 0 aliphatic carbocycles. The lowest BCUT2D eigenvalue weighted by molar-refractivity contribution is 0.511. The van der Waals surface area contributed by atoms with Crippen LogP contribution < -0.4 is 0 Å². The van der Waals surface area contributed by atoms with Crippen molar-refractivity contribution in [3.63, 3.8) is 0 Å². The minimum atomic E-state index is -1.34. The monoisotopic (exact) mass is 659 g/mol. The van der Waals surface area contributed by atoms with Crippen LogP contribution in [0.2, 0.25) is 6.04 Å². The van der Waals surface area contributed by atoms with E-state index in [0.29, 0.717) is 6.54 Å². The summed E-state index contributed by atoms with van der Waals surface area (Å²) in [6.45, 7) is 0.667. The Labute approximate surface area is 281 Å². The third-order valence-electron chi connectivity index (χ3n) is 9.26.